The van der Waals surface area contributed by atoms with Crippen LogP contribution < -0.4 is 10.3 Å². The number of aromatic amines is 1. The first-order valence-corrected chi connectivity index (χ1v) is 10.8. The molecule has 2 heterocycles. The van der Waals surface area contributed by atoms with Crippen LogP contribution in [0.4, 0.5) is 4.39 Å². The van der Waals surface area contributed by atoms with Crippen molar-refractivity contribution in [2.75, 3.05) is 13.1 Å². The van der Waals surface area contributed by atoms with Crippen LogP contribution in [0.2, 0.25) is 5.02 Å². The van der Waals surface area contributed by atoms with Gasteiger partial charge in [0.05, 0.1) is 5.39 Å². The maximum absolute atomic E-state index is 15.2. The number of nitrogens with one attached hydrogen (secondary N) is 1. The molecule has 0 radical (unpaired) electrons. The summed E-state index contributed by atoms with van der Waals surface area (Å²) in [6.45, 7) is 6.60. The van der Waals surface area contributed by atoms with Crippen LogP contribution in [0.5, 0.6) is 5.75 Å². The van der Waals surface area contributed by atoms with Crippen molar-refractivity contribution in [3.8, 4) is 5.75 Å². The van der Waals surface area contributed by atoms with Gasteiger partial charge >= 0.3 is 0 Å². The maximum atomic E-state index is 15.2. The monoisotopic (exact) mass is 428 g/mol. The van der Waals surface area contributed by atoms with E-state index in [0.29, 0.717) is 17.2 Å². The molecule has 3 aromatic rings. The van der Waals surface area contributed by atoms with Crippen LogP contribution in [-0.2, 0) is 13.0 Å². The number of halogens is 2. The number of piperidine rings is 1. The highest BCUT2D eigenvalue weighted by Gasteiger charge is 2.23. The number of likely N-dealkylation sites (tertiary alicyclic amines) is 1. The minimum absolute atomic E-state index is 0.0404. The molecule has 0 spiro atoms. The van der Waals surface area contributed by atoms with Gasteiger partial charge in [0.2, 0.25) is 0 Å². The molecule has 0 aliphatic carbocycles. The lowest BCUT2D eigenvalue weighted by Gasteiger charge is -2.32. The summed E-state index contributed by atoms with van der Waals surface area (Å²) in [6.07, 6.45) is 3.84. The average molecular weight is 429 g/mol. The third-order valence-corrected chi connectivity index (χ3v) is 5.99. The van der Waals surface area contributed by atoms with E-state index >= 15 is 4.39 Å². The molecule has 1 fully saturated rings. The lowest BCUT2D eigenvalue weighted by molar-refractivity contribution is 0.0938. The van der Waals surface area contributed by atoms with Crippen LogP contribution >= 0.6 is 11.6 Å². The van der Waals surface area contributed by atoms with Crippen molar-refractivity contribution in [2.24, 2.45) is 0 Å². The first kappa shape index (κ1) is 20.9. The van der Waals surface area contributed by atoms with Gasteiger partial charge in [-0.05, 0) is 67.1 Å². The number of hydrogen-bond donors (Lipinski definition) is 1. The van der Waals surface area contributed by atoms with Gasteiger partial charge in [-0.1, -0.05) is 24.6 Å². The van der Waals surface area contributed by atoms with E-state index in [1.807, 2.05) is 26.0 Å². The number of aryl methyl sites for hydroxylation is 2. The molecular formula is C24H26ClFN2O2. The molecule has 158 valence electrons. The highest BCUT2D eigenvalue weighted by Crippen LogP contribution is 2.30. The summed E-state index contributed by atoms with van der Waals surface area (Å²) in [5.41, 5.74) is 2.86. The molecule has 0 unspecified atom stereocenters. The largest absolute Gasteiger partial charge is 0.487 e. The van der Waals surface area contributed by atoms with Crippen molar-refractivity contribution < 1.29 is 9.13 Å². The summed E-state index contributed by atoms with van der Waals surface area (Å²) in [5, 5.41) is 1.50. The second kappa shape index (κ2) is 8.78. The number of ether oxygens (including phenoxy) is 1. The van der Waals surface area contributed by atoms with Crippen molar-refractivity contribution in [1.82, 2.24) is 9.88 Å². The topological polar surface area (TPSA) is 45.3 Å². The van der Waals surface area contributed by atoms with Gasteiger partial charge in [-0.15, -0.1) is 0 Å². The standard InChI is InChI=1S/C24H26ClFN2O2/c1-3-17-13-27-24(29)20-4-5-21(23(26)22(17)20)30-19-6-8-28(9-7-19)14-16-10-15(2)11-18(25)12-16/h4-5,10-13,19H,3,6-9,14H2,1-2H3,(H,27,29). The summed E-state index contributed by atoms with van der Waals surface area (Å²) >= 11 is 6.17. The quantitative estimate of drug-likeness (QED) is 0.604. The molecule has 0 saturated carbocycles. The number of fused-ring (bicyclic) bond motifs is 1. The molecule has 4 rings (SSSR count). The summed E-state index contributed by atoms with van der Waals surface area (Å²) in [4.78, 5) is 17.1. The Morgan fingerprint density at radius 1 is 1.23 bits per heavy atom. The molecule has 0 atom stereocenters. The number of pyridine rings is 1. The summed E-state index contributed by atoms with van der Waals surface area (Å²) in [7, 11) is 0. The van der Waals surface area contributed by atoms with E-state index in [9.17, 15) is 4.79 Å². The lowest BCUT2D eigenvalue weighted by Crippen LogP contribution is -2.37. The maximum Gasteiger partial charge on any atom is 0.255 e. The molecule has 1 N–H and O–H groups in total. The summed E-state index contributed by atoms with van der Waals surface area (Å²) in [5.74, 6) is -0.209. The minimum atomic E-state index is -0.438. The fraction of sp³-hybridized carbons (Fsp3) is 0.375. The van der Waals surface area contributed by atoms with E-state index < -0.39 is 5.82 Å². The second-order valence-electron chi connectivity index (χ2n) is 8.03. The zero-order valence-corrected chi connectivity index (χ0v) is 18.1. The Kier molecular flexibility index (Phi) is 6.11. The molecule has 0 bridgehead atoms. The van der Waals surface area contributed by atoms with Crippen LogP contribution in [0.25, 0.3) is 10.8 Å². The van der Waals surface area contributed by atoms with Crippen LogP contribution in [0.15, 0.2) is 41.3 Å². The Hall–Kier alpha value is -2.37. The van der Waals surface area contributed by atoms with E-state index in [1.165, 1.54) is 5.56 Å². The molecule has 4 nitrogen and oxygen atoms in total. The third-order valence-electron chi connectivity index (χ3n) is 5.77. The molecule has 1 aliphatic heterocycles. The van der Waals surface area contributed by atoms with Gasteiger partial charge in [0.1, 0.15) is 6.10 Å². The summed E-state index contributed by atoms with van der Waals surface area (Å²) in [6, 6.07) is 9.36. The van der Waals surface area contributed by atoms with Gasteiger partial charge < -0.3 is 9.72 Å². The van der Waals surface area contributed by atoms with E-state index in [-0.39, 0.29) is 17.4 Å². The van der Waals surface area contributed by atoms with Gasteiger partial charge in [0, 0.05) is 36.2 Å². The SMILES string of the molecule is CCc1c[nH]c(=O)c2ccc(OC3CCN(Cc4cc(C)cc(Cl)c4)CC3)c(F)c12. The average Bonchev–Trinajstić information content (AvgIpc) is 2.71. The van der Waals surface area contributed by atoms with Crippen molar-refractivity contribution >= 4 is 22.4 Å². The highest BCUT2D eigenvalue weighted by atomic mass is 35.5. The number of hydrogen-bond acceptors (Lipinski definition) is 3. The summed E-state index contributed by atoms with van der Waals surface area (Å²) < 4.78 is 21.2. The van der Waals surface area contributed by atoms with Gasteiger partial charge in [-0.25, -0.2) is 4.39 Å². The number of H-pyrrole nitrogens is 1. The first-order valence-electron chi connectivity index (χ1n) is 10.4. The molecule has 1 aliphatic rings. The van der Waals surface area contributed by atoms with E-state index in [4.69, 9.17) is 16.3 Å². The predicted molar refractivity (Wildman–Crippen MR) is 119 cm³/mol. The van der Waals surface area contributed by atoms with Crippen LogP contribution in [0, 0.1) is 12.7 Å². The Bertz CT molecular complexity index is 1100. The Balaban J connectivity index is 1.44. The number of aromatic nitrogens is 1. The van der Waals surface area contributed by atoms with E-state index in [1.54, 1.807) is 18.3 Å². The number of rotatable bonds is 5. The minimum Gasteiger partial charge on any atom is -0.487 e. The van der Waals surface area contributed by atoms with E-state index in [0.717, 1.165) is 48.6 Å². The zero-order valence-electron chi connectivity index (χ0n) is 17.3. The highest BCUT2D eigenvalue weighted by molar-refractivity contribution is 6.30. The van der Waals surface area contributed by atoms with Crippen LogP contribution in [-0.4, -0.2) is 29.1 Å². The van der Waals surface area contributed by atoms with Gasteiger partial charge in [-0.2, -0.15) is 0 Å². The van der Waals surface area contributed by atoms with E-state index in [2.05, 4.69) is 16.0 Å². The molecule has 1 saturated heterocycles. The molecular weight excluding hydrogens is 403 g/mol. The second-order valence-corrected chi connectivity index (χ2v) is 8.46. The molecule has 30 heavy (non-hydrogen) atoms. The number of nitrogens with zero attached hydrogens (tertiary/aromatic N) is 1. The molecule has 0 amide bonds. The fourth-order valence-electron chi connectivity index (χ4n) is 4.26. The van der Waals surface area contributed by atoms with Gasteiger partial charge in [0.15, 0.2) is 11.6 Å². The van der Waals surface area contributed by atoms with Crippen LogP contribution in [0.1, 0.15) is 36.5 Å². The smallest absolute Gasteiger partial charge is 0.255 e. The van der Waals surface area contributed by atoms with Crippen molar-refractivity contribution in [3.05, 3.63) is 74.4 Å². The third kappa shape index (κ3) is 4.37. The predicted octanol–water partition coefficient (Wildman–Crippen LogP) is 5.23. The molecule has 1 aromatic heterocycles. The zero-order chi connectivity index (χ0) is 21.3. The van der Waals surface area contributed by atoms with Crippen molar-refractivity contribution in [3.63, 3.8) is 0 Å². The first-order chi connectivity index (χ1) is 14.4. The Morgan fingerprint density at radius 2 is 2.00 bits per heavy atom. The van der Waals surface area contributed by atoms with Gasteiger partial charge in [0.25, 0.3) is 5.56 Å². The van der Waals surface area contributed by atoms with Gasteiger partial charge in [-0.3, -0.25) is 9.69 Å². The Labute approximate surface area is 180 Å². The lowest BCUT2D eigenvalue weighted by atomic mass is 10.0. The normalized spacial score (nSPS) is 15.6. The van der Waals surface area contributed by atoms with Crippen molar-refractivity contribution in [2.45, 2.75) is 45.8 Å². The molecule has 2 aromatic carbocycles. The number of benzene rings is 2. The van der Waals surface area contributed by atoms with Crippen LogP contribution in [0.3, 0.4) is 0 Å². The van der Waals surface area contributed by atoms with Crippen molar-refractivity contribution in [1.29, 1.82) is 0 Å². The molecule has 6 heteroatoms. The Morgan fingerprint density at radius 3 is 2.70 bits per heavy atom. The fourth-order valence-corrected chi connectivity index (χ4v) is 4.57.